The number of hydrogen-bond acceptors (Lipinski definition) is 11. The van der Waals surface area contributed by atoms with Crippen molar-refractivity contribution in [2.75, 3.05) is 13.7 Å². The van der Waals surface area contributed by atoms with E-state index in [0.29, 0.717) is 42.0 Å². The molecule has 2 saturated carbocycles. The van der Waals surface area contributed by atoms with Crippen LogP contribution in [-0.2, 0) is 24.4 Å². The van der Waals surface area contributed by atoms with E-state index in [1.54, 1.807) is 14.0 Å². The molecule has 1 saturated heterocycles. The Kier molecular flexibility index (Phi) is 10.3. The van der Waals surface area contributed by atoms with Crippen molar-refractivity contribution in [2.45, 2.75) is 120 Å². The maximum Gasteiger partial charge on any atom is 0.259 e. The van der Waals surface area contributed by atoms with Gasteiger partial charge in [0.2, 0.25) is 21.8 Å². The normalized spacial score (nSPS) is 27.6. The van der Waals surface area contributed by atoms with E-state index >= 15 is 0 Å². The molecule has 2 aromatic heterocycles. The first kappa shape index (κ1) is 38.2. The van der Waals surface area contributed by atoms with Crippen LogP contribution < -0.4 is 25.2 Å². The molecule has 13 nitrogen and oxygen atoms in total. The predicted octanol–water partition coefficient (Wildman–Crippen LogP) is 4.87. The van der Waals surface area contributed by atoms with Gasteiger partial charge in [-0.15, -0.1) is 11.3 Å². The van der Waals surface area contributed by atoms with Crippen molar-refractivity contribution in [3.63, 3.8) is 0 Å². The Bertz CT molecular complexity index is 2110. The second-order valence-electron chi connectivity index (χ2n) is 15.8. The van der Waals surface area contributed by atoms with Gasteiger partial charge < -0.3 is 25.4 Å². The molecule has 54 heavy (non-hydrogen) atoms. The van der Waals surface area contributed by atoms with Crippen molar-refractivity contribution in [1.82, 2.24) is 24.9 Å². The number of aromatic nitrogens is 2. The van der Waals surface area contributed by atoms with Crippen LogP contribution in [0.5, 0.6) is 11.5 Å². The molecule has 5 atom stereocenters. The SMILES string of the molecule is COc1ccc2c(O[C@@H]3C[C@H]4C(=O)N[C@]5(C(=O)NS(=O)(=O)C6(C)CC6)C[C@@H]5/C=C\CCCCC[C@H](N)C(=O)N4C3)cc(-c3nc(C(C)C)cs3)nc2c1C. The lowest BCUT2D eigenvalue weighted by Gasteiger charge is -2.28. The Balaban J connectivity index is 1.21. The van der Waals surface area contributed by atoms with Gasteiger partial charge in [0.1, 0.15) is 39.9 Å². The molecule has 15 heteroatoms. The number of carbonyl (C=O) groups excluding carboxylic acids is 3. The molecule has 0 spiro atoms. The zero-order valence-electron chi connectivity index (χ0n) is 31.5. The van der Waals surface area contributed by atoms with Gasteiger partial charge in [-0.05, 0) is 70.4 Å². The van der Waals surface area contributed by atoms with E-state index in [2.05, 4.69) is 23.9 Å². The monoisotopic (exact) mass is 778 g/mol. The Morgan fingerprint density at radius 2 is 1.93 bits per heavy atom. The average Bonchev–Trinajstić information content (AvgIpc) is 3.90. The first-order valence-corrected chi connectivity index (χ1v) is 21.2. The molecule has 290 valence electrons. The molecule has 4 N–H and O–H groups in total. The molecule has 4 aliphatic rings. The summed E-state index contributed by atoms with van der Waals surface area (Å²) in [6.07, 6.45) is 8.28. The minimum atomic E-state index is -3.95. The van der Waals surface area contributed by atoms with Crippen LogP contribution in [0.3, 0.4) is 0 Å². The van der Waals surface area contributed by atoms with Crippen molar-refractivity contribution < 1.29 is 32.3 Å². The summed E-state index contributed by atoms with van der Waals surface area (Å²) in [5, 5.41) is 6.43. The van der Waals surface area contributed by atoms with Crippen LogP contribution in [0.4, 0.5) is 0 Å². The highest BCUT2D eigenvalue weighted by Crippen LogP contribution is 2.48. The van der Waals surface area contributed by atoms with Gasteiger partial charge in [-0.25, -0.2) is 18.4 Å². The van der Waals surface area contributed by atoms with E-state index in [4.69, 9.17) is 25.2 Å². The van der Waals surface area contributed by atoms with E-state index < -0.39 is 56.2 Å². The maximum absolute atomic E-state index is 14.3. The molecule has 7 rings (SSSR count). The Labute approximate surface area is 320 Å². The fraction of sp³-hybridized carbons (Fsp3) is 0.564. The smallest absolute Gasteiger partial charge is 0.259 e. The number of methoxy groups -OCH3 is 1. The summed E-state index contributed by atoms with van der Waals surface area (Å²) in [5.41, 5.74) is 8.12. The zero-order chi connectivity index (χ0) is 38.6. The number of nitrogens with one attached hydrogen (secondary N) is 2. The van der Waals surface area contributed by atoms with Gasteiger partial charge in [0, 0.05) is 34.7 Å². The largest absolute Gasteiger partial charge is 0.496 e. The van der Waals surface area contributed by atoms with Crippen LogP contribution in [-0.4, -0.2) is 83.1 Å². The summed E-state index contributed by atoms with van der Waals surface area (Å²) >= 11 is 1.50. The van der Waals surface area contributed by atoms with Crippen molar-refractivity contribution in [1.29, 1.82) is 0 Å². The van der Waals surface area contributed by atoms with E-state index in [0.717, 1.165) is 47.3 Å². The highest BCUT2D eigenvalue weighted by molar-refractivity contribution is 7.91. The van der Waals surface area contributed by atoms with Gasteiger partial charge >= 0.3 is 0 Å². The predicted molar refractivity (Wildman–Crippen MR) is 207 cm³/mol. The molecular weight excluding hydrogens is 729 g/mol. The van der Waals surface area contributed by atoms with Crippen LogP contribution in [0.2, 0.25) is 0 Å². The number of pyridine rings is 1. The number of nitrogens with zero attached hydrogens (tertiary/aromatic N) is 3. The standard InChI is InChI=1S/C39H50N6O7S2/c1-22(2)29-21-53-35(42-29)28-18-32(26-13-14-31(51-5)23(3)33(26)41-28)52-25-17-30-34(46)43-39(37(48)44-54(49,50)38(4)15-16-38)19-24(39)11-9-7-6-8-10-12-27(40)36(47)45(30)20-25/h9,11,13-14,18,21-22,24-25,27,30H,6-8,10,12,15-17,19-20,40H2,1-5H3,(H,43,46)(H,44,48)/b11-9-/t24-,25+,27-,30-,39+/m0/s1. The van der Waals surface area contributed by atoms with Gasteiger partial charge in [0.15, 0.2) is 0 Å². The van der Waals surface area contributed by atoms with Crippen LogP contribution >= 0.6 is 11.3 Å². The number of hydrogen-bond donors (Lipinski definition) is 3. The number of fused-ring (bicyclic) bond motifs is 3. The number of benzene rings is 1. The van der Waals surface area contributed by atoms with Crippen molar-refractivity contribution in [3.05, 3.63) is 47.0 Å². The highest BCUT2D eigenvalue weighted by Gasteiger charge is 2.63. The number of carbonyl (C=O) groups is 3. The van der Waals surface area contributed by atoms with Gasteiger partial charge in [0.05, 0.1) is 35.7 Å². The minimum absolute atomic E-state index is 0.0862. The molecule has 4 heterocycles. The lowest BCUT2D eigenvalue weighted by molar-refractivity contribution is -0.140. The van der Waals surface area contributed by atoms with Crippen molar-refractivity contribution in [3.8, 4) is 22.2 Å². The Morgan fingerprint density at radius 3 is 2.63 bits per heavy atom. The quantitative estimate of drug-likeness (QED) is 0.267. The molecule has 2 aliphatic heterocycles. The third-order valence-electron chi connectivity index (χ3n) is 11.5. The lowest BCUT2D eigenvalue weighted by atomic mass is 10.1. The molecular formula is C39H50N6O7S2. The van der Waals surface area contributed by atoms with Crippen molar-refractivity contribution in [2.24, 2.45) is 11.7 Å². The van der Waals surface area contributed by atoms with Crippen LogP contribution in [0.15, 0.2) is 35.7 Å². The topological polar surface area (TPSA) is 183 Å². The molecule has 3 amide bonds. The molecule has 0 bridgehead atoms. The maximum atomic E-state index is 14.3. The molecule has 3 aromatic rings. The van der Waals surface area contributed by atoms with E-state index in [1.807, 2.05) is 42.7 Å². The summed E-state index contributed by atoms with van der Waals surface area (Å²) in [5.74, 6) is -0.630. The van der Waals surface area contributed by atoms with E-state index in [9.17, 15) is 22.8 Å². The molecule has 0 unspecified atom stereocenters. The van der Waals surface area contributed by atoms with Gasteiger partial charge in [-0.2, -0.15) is 0 Å². The Morgan fingerprint density at radius 1 is 1.15 bits per heavy atom. The first-order valence-electron chi connectivity index (χ1n) is 18.9. The van der Waals surface area contributed by atoms with Gasteiger partial charge in [-0.1, -0.05) is 38.8 Å². The highest BCUT2D eigenvalue weighted by atomic mass is 32.2. The fourth-order valence-corrected chi connectivity index (χ4v) is 9.75. The second-order valence-corrected chi connectivity index (χ2v) is 18.9. The van der Waals surface area contributed by atoms with Crippen LogP contribution in [0.25, 0.3) is 21.6 Å². The number of allylic oxidation sites excluding steroid dienone is 1. The molecule has 2 aliphatic carbocycles. The summed E-state index contributed by atoms with van der Waals surface area (Å²) in [7, 11) is -2.34. The number of ether oxygens (including phenoxy) is 2. The average molecular weight is 779 g/mol. The number of sulfonamides is 1. The lowest BCUT2D eigenvalue weighted by Crippen LogP contribution is -2.58. The zero-order valence-corrected chi connectivity index (χ0v) is 33.1. The molecule has 1 aromatic carbocycles. The van der Waals surface area contributed by atoms with Crippen LogP contribution in [0, 0.1) is 12.8 Å². The van der Waals surface area contributed by atoms with E-state index in [-0.39, 0.29) is 31.2 Å². The number of nitrogens with two attached hydrogens (primary N) is 1. The molecule has 0 radical (unpaired) electrons. The number of aryl methyl sites for hydroxylation is 1. The van der Waals surface area contributed by atoms with Crippen molar-refractivity contribution >= 4 is 50.0 Å². The first-order chi connectivity index (χ1) is 25.7. The second kappa shape index (κ2) is 14.5. The van der Waals surface area contributed by atoms with Crippen LogP contribution in [0.1, 0.15) is 95.7 Å². The number of thiazole rings is 1. The van der Waals surface area contributed by atoms with E-state index in [1.165, 1.54) is 16.2 Å². The molecule has 3 fully saturated rings. The Hall–Kier alpha value is -4.08. The number of amides is 3. The summed E-state index contributed by atoms with van der Waals surface area (Å²) in [4.78, 5) is 53.5. The fourth-order valence-electron chi connectivity index (χ4n) is 7.50. The minimum Gasteiger partial charge on any atom is -0.496 e. The van der Waals surface area contributed by atoms with Gasteiger partial charge in [0.25, 0.3) is 5.91 Å². The third-order valence-corrected chi connectivity index (χ3v) is 14.6. The summed E-state index contributed by atoms with van der Waals surface area (Å²) in [6, 6.07) is 3.76. The van der Waals surface area contributed by atoms with Gasteiger partial charge in [-0.3, -0.25) is 19.1 Å². The summed E-state index contributed by atoms with van der Waals surface area (Å²) < 4.78 is 39.9. The number of rotatable bonds is 8. The third kappa shape index (κ3) is 7.22. The summed E-state index contributed by atoms with van der Waals surface area (Å²) in [6.45, 7) is 7.80.